The fourth-order valence-electron chi connectivity index (χ4n) is 5.43. The Balaban J connectivity index is 1.26. The fraction of sp³-hybridized carbons (Fsp3) is 0.850. The third-order valence-corrected chi connectivity index (χ3v) is 7.38. The van der Waals surface area contributed by atoms with Gasteiger partial charge in [0.1, 0.15) is 5.82 Å². The summed E-state index contributed by atoms with van der Waals surface area (Å²) in [6, 6.07) is 0. The van der Waals surface area contributed by atoms with Crippen molar-refractivity contribution in [2.24, 2.45) is 11.3 Å². The second-order valence-electron chi connectivity index (χ2n) is 9.09. The smallest absolute Gasteiger partial charge is 0.222 e. The summed E-state index contributed by atoms with van der Waals surface area (Å²) in [5, 5.41) is 7.70. The number of carbonyl (C=O) groups is 1. The molecule has 1 aromatic heterocycles. The maximum absolute atomic E-state index is 12.8. The highest BCUT2D eigenvalue weighted by Crippen LogP contribution is 2.55. The zero-order chi connectivity index (χ0) is 16.9. The van der Waals surface area contributed by atoms with E-state index in [1.165, 1.54) is 57.8 Å². The number of nitrogens with zero attached hydrogens (tertiary/aromatic N) is 3. The highest BCUT2D eigenvalue weighted by molar-refractivity contribution is 5.76. The first-order valence-electron chi connectivity index (χ1n) is 10.4. The number of carbonyl (C=O) groups excluding carboxylic acids is 1. The van der Waals surface area contributed by atoms with E-state index in [0.29, 0.717) is 17.7 Å². The van der Waals surface area contributed by atoms with Crippen LogP contribution in [0.15, 0.2) is 0 Å². The predicted octanol–water partition coefficient (Wildman–Crippen LogP) is 3.75. The third kappa shape index (κ3) is 2.89. The first-order chi connectivity index (χ1) is 12.2. The van der Waals surface area contributed by atoms with E-state index < -0.39 is 0 Å². The van der Waals surface area contributed by atoms with Crippen LogP contribution < -0.4 is 0 Å². The second-order valence-corrected chi connectivity index (χ2v) is 9.09. The van der Waals surface area contributed by atoms with Gasteiger partial charge in [-0.05, 0) is 43.4 Å². The third-order valence-electron chi connectivity index (χ3n) is 7.38. The van der Waals surface area contributed by atoms with E-state index in [9.17, 15) is 4.79 Å². The minimum atomic E-state index is 0.281. The number of amides is 1. The monoisotopic (exact) mass is 342 g/mol. The van der Waals surface area contributed by atoms with Crippen LogP contribution in [0.3, 0.4) is 0 Å². The lowest BCUT2D eigenvalue weighted by Gasteiger charge is -2.41. The molecule has 5 nitrogen and oxygen atoms in total. The summed E-state index contributed by atoms with van der Waals surface area (Å²) >= 11 is 0. The first-order valence-corrected chi connectivity index (χ1v) is 10.4. The molecule has 1 saturated heterocycles. The van der Waals surface area contributed by atoms with Crippen molar-refractivity contribution in [3.8, 4) is 0 Å². The number of hydrogen-bond acceptors (Lipinski definition) is 3. The van der Waals surface area contributed by atoms with E-state index in [0.717, 1.165) is 43.5 Å². The summed E-state index contributed by atoms with van der Waals surface area (Å²) in [4.78, 5) is 19.8. The van der Waals surface area contributed by atoms with E-state index in [2.05, 4.69) is 15.1 Å². The normalized spacial score (nSPS) is 28.6. The van der Waals surface area contributed by atoms with Crippen LogP contribution in [0.25, 0.3) is 0 Å². The molecule has 1 N–H and O–H groups in total. The Kier molecular flexibility index (Phi) is 3.86. The number of rotatable bonds is 5. The molecule has 1 atom stereocenters. The number of aromatic nitrogens is 3. The maximum atomic E-state index is 12.8. The Morgan fingerprint density at radius 1 is 1.16 bits per heavy atom. The standard InChI is InChI=1S/C20H30N4O/c25-17(9-6-14-4-1-2-5-14)24-12-16(20(13-24)10-3-11-20)19-21-18(22-23-19)15-7-8-15/h14-16H,1-13H2,(H,21,22,23). The van der Waals surface area contributed by atoms with Gasteiger partial charge in [-0.2, -0.15) is 5.10 Å². The average molecular weight is 342 g/mol. The lowest BCUT2D eigenvalue weighted by Crippen LogP contribution is -2.38. The highest BCUT2D eigenvalue weighted by atomic mass is 16.2. The predicted molar refractivity (Wildman–Crippen MR) is 95.2 cm³/mol. The molecule has 1 spiro atoms. The molecule has 3 aliphatic carbocycles. The molecule has 0 bridgehead atoms. The lowest BCUT2D eigenvalue weighted by molar-refractivity contribution is -0.131. The van der Waals surface area contributed by atoms with Crippen molar-refractivity contribution in [3.63, 3.8) is 0 Å². The van der Waals surface area contributed by atoms with Crippen molar-refractivity contribution in [2.75, 3.05) is 13.1 Å². The van der Waals surface area contributed by atoms with Gasteiger partial charge in [-0.1, -0.05) is 32.1 Å². The minimum absolute atomic E-state index is 0.281. The number of nitrogens with one attached hydrogen (secondary N) is 1. The Morgan fingerprint density at radius 3 is 2.64 bits per heavy atom. The Labute approximate surface area is 150 Å². The maximum Gasteiger partial charge on any atom is 0.222 e. The largest absolute Gasteiger partial charge is 0.341 e. The second kappa shape index (κ2) is 6.10. The molecule has 4 fully saturated rings. The summed E-state index contributed by atoms with van der Waals surface area (Å²) in [6.07, 6.45) is 13.5. The van der Waals surface area contributed by atoms with E-state index >= 15 is 0 Å². The molecular formula is C20H30N4O. The van der Waals surface area contributed by atoms with Crippen LogP contribution in [-0.2, 0) is 4.79 Å². The van der Waals surface area contributed by atoms with Gasteiger partial charge < -0.3 is 4.90 Å². The summed E-state index contributed by atoms with van der Waals surface area (Å²) in [7, 11) is 0. The topological polar surface area (TPSA) is 61.9 Å². The van der Waals surface area contributed by atoms with Crippen LogP contribution in [0.2, 0.25) is 0 Å². The number of aromatic amines is 1. The van der Waals surface area contributed by atoms with Gasteiger partial charge in [0.25, 0.3) is 0 Å². The van der Waals surface area contributed by atoms with Crippen molar-refractivity contribution in [3.05, 3.63) is 11.6 Å². The van der Waals surface area contributed by atoms with Crippen LogP contribution in [0.1, 0.15) is 94.1 Å². The van der Waals surface area contributed by atoms with E-state index in [1.807, 2.05) is 0 Å². The van der Waals surface area contributed by atoms with Crippen molar-refractivity contribution in [2.45, 2.75) is 82.5 Å². The van der Waals surface area contributed by atoms with Crippen LogP contribution >= 0.6 is 0 Å². The molecule has 4 aliphatic rings. The van der Waals surface area contributed by atoms with Gasteiger partial charge in [0, 0.05) is 31.3 Å². The zero-order valence-corrected chi connectivity index (χ0v) is 15.2. The molecule has 1 aliphatic heterocycles. The Bertz CT molecular complexity index is 640. The summed E-state index contributed by atoms with van der Waals surface area (Å²) in [5.74, 6) is 4.20. The van der Waals surface area contributed by atoms with E-state index in [-0.39, 0.29) is 5.41 Å². The van der Waals surface area contributed by atoms with E-state index in [4.69, 9.17) is 4.98 Å². The molecule has 5 heteroatoms. The van der Waals surface area contributed by atoms with Gasteiger partial charge in [-0.15, -0.1) is 0 Å². The van der Waals surface area contributed by atoms with Gasteiger partial charge >= 0.3 is 0 Å². The molecule has 0 radical (unpaired) electrons. The Morgan fingerprint density at radius 2 is 1.96 bits per heavy atom. The lowest BCUT2D eigenvalue weighted by atomic mass is 9.62. The van der Waals surface area contributed by atoms with Crippen LogP contribution in [0, 0.1) is 11.3 Å². The van der Waals surface area contributed by atoms with Crippen molar-refractivity contribution in [1.82, 2.24) is 20.1 Å². The quantitative estimate of drug-likeness (QED) is 0.886. The molecule has 5 rings (SSSR count). The summed E-state index contributed by atoms with van der Waals surface area (Å²) < 4.78 is 0. The molecule has 1 unspecified atom stereocenters. The number of likely N-dealkylation sites (tertiary alicyclic amines) is 1. The molecule has 136 valence electrons. The van der Waals surface area contributed by atoms with Gasteiger partial charge in [0.2, 0.25) is 5.91 Å². The number of hydrogen-bond donors (Lipinski definition) is 1. The molecule has 2 heterocycles. The van der Waals surface area contributed by atoms with Gasteiger partial charge in [-0.25, -0.2) is 4.98 Å². The van der Waals surface area contributed by atoms with Crippen LogP contribution in [0.4, 0.5) is 0 Å². The summed E-state index contributed by atoms with van der Waals surface area (Å²) in [6.45, 7) is 1.80. The highest BCUT2D eigenvalue weighted by Gasteiger charge is 2.53. The van der Waals surface area contributed by atoms with Crippen LogP contribution in [0.5, 0.6) is 0 Å². The van der Waals surface area contributed by atoms with E-state index in [1.54, 1.807) is 0 Å². The van der Waals surface area contributed by atoms with Gasteiger partial charge in [0.15, 0.2) is 5.82 Å². The van der Waals surface area contributed by atoms with Crippen LogP contribution in [-0.4, -0.2) is 39.1 Å². The molecule has 1 amide bonds. The number of H-pyrrole nitrogens is 1. The van der Waals surface area contributed by atoms with Crippen molar-refractivity contribution in [1.29, 1.82) is 0 Å². The van der Waals surface area contributed by atoms with Crippen molar-refractivity contribution >= 4 is 5.91 Å². The minimum Gasteiger partial charge on any atom is -0.341 e. The van der Waals surface area contributed by atoms with Gasteiger partial charge in [-0.3, -0.25) is 9.89 Å². The zero-order valence-electron chi connectivity index (χ0n) is 15.2. The molecule has 1 aromatic rings. The Hall–Kier alpha value is -1.39. The summed E-state index contributed by atoms with van der Waals surface area (Å²) in [5.41, 5.74) is 0.281. The molecule has 0 aromatic carbocycles. The van der Waals surface area contributed by atoms with Gasteiger partial charge in [0.05, 0.1) is 0 Å². The molecule has 3 saturated carbocycles. The average Bonchev–Trinajstić information content (AvgIpc) is 3.05. The first kappa shape index (κ1) is 15.8. The van der Waals surface area contributed by atoms with Crippen molar-refractivity contribution < 1.29 is 4.79 Å². The SMILES string of the molecule is O=C(CCC1CCCC1)N1CC(c2nc(C3CC3)n[nH]2)C2(CCC2)C1. The molecular weight excluding hydrogens is 312 g/mol. The molecule has 25 heavy (non-hydrogen) atoms. The fourth-order valence-corrected chi connectivity index (χ4v) is 5.43.